The smallest absolute Gasteiger partial charge is 0.117 e. The highest BCUT2D eigenvalue weighted by Gasteiger charge is 2.05. The lowest BCUT2D eigenvalue weighted by atomic mass is 10.2. The van der Waals surface area contributed by atoms with Gasteiger partial charge in [-0.25, -0.2) is 4.21 Å². The maximum Gasteiger partial charge on any atom is 0.117 e. The molecule has 0 saturated carbocycles. The Bertz CT molecular complexity index is 515. The maximum absolute atomic E-state index is 12.1. The van der Waals surface area contributed by atoms with E-state index in [1.165, 1.54) is 21.9 Å². The van der Waals surface area contributed by atoms with Gasteiger partial charge in [0.25, 0.3) is 0 Å². The van der Waals surface area contributed by atoms with Crippen LogP contribution in [-0.4, -0.2) is 4.21 Å². The van der Waals surface area contributed by atoms with Crippen molar-refractivity contribution in [2.24, 2.45) is 0 Å². The molecule has 0 amide bonds. The van der Waals surface area contributed by atoms with Gasteiger partial charge in [-0.1, -0.05) is 35.4 Å². The van der Waals surface area contributed by atoms with Gasteiger partial charge in [-0.05, 0) is 48.9 Å². The number of rotatable bonds is 3. The SMILES string of the molecule is Cc1ccc(S[S@@](=O)c2ccc(C)cc2)cc1. The Kier molecular flexibility index (Phi) is 4.02. The van der Waals surface area contributed by atoms with Gasteiger partial charge in [-0.3, -0.25) is 0 Å². The van der Waals surface area contributed by atoms with Crippen molar-refractivity contribution in [1.82, 2.24) is 0 Å². The molecular weight excluding hydrogens is 248 g/mol. The van der Waals surface area contributed by atoms with Gasteiger partial charge in [0.15, 0.2) is 0 Å². The average Bonchev–Trinajstić information content (AvgIpc) is 2.33. The van der Waals surface area contributed by atoms with E-state index in [-0.39, 0.29) is 0 Å². The molecule has 17 heavy (non-hydrogen) atoms. The third kappa shape index (κ3) is 3.45. The molecule has 88 valence electrons. The second-order valence-corrected chi connectivity index (χ2v) is 6.93. The quantitative estimate of drug-likeness (QED) is 0.774. The summed E-state index contributed by atoms with van der Waals surface area (Å²) in [6.07, 6.45) is 0. The van der Waals surface area contributed by atoms with E-state index in [2.05, 4.69) is 0 Å². The molecule has 0 aromatic heterocycles. The van der Waals surface area contributed by atoms with Crippen molar-refractivity contribution in [3.05, 3.63) is 59.7 Å². The Morgan fingerprint density at radius 2 is 1.29 bits per heavy atom. The van der Waals surface area contributed by atoms with Crippen LogP contribution < -0.4 is 0 Å². The molecule has 0 saturated heterocycles. The summed E-state index contributed by atoms with van der Waals surface area (Å²) in [6, 6.07) is 15.9. The molecular formula is C14H14OS2. The second-order valence-electron chi connectivity index (χ2n) is 3.94. The molecule has 2 aromatic rings. The average molecular weight is 262 g/mol. The van der Waals surface area contributed by atoms with Crippen LogP contribution in [0.1, 0.15) is 11.1 Å². The van der Waals surface area contributed by atoms with Crippen LogP contribution in [0, 0.1) is 13.8 Å². The number of hydrogen-bond acceptors (Lipinski definition) is 2. The summed E-state index contributed by atoms with van der Waals surface area (Å²) in [5.74, 6) is 0. The van der Waals surface area contributed by atoms with E-state index in [1.807, 2.05) is 62.4 Å². The minimum absolute atomic E-state index is 0.862. The molecule has 2 aromatic carbocycles. The van der Waals surface area contributed by atoms with E-state index in [1.54, 1.807) is 0 Å². The standard InChI is InChI=1S/C14H14OS2/c1-11-3-7-13(8-4-11)16-17(15)14-9-5-12(2)6-10-14/h3-10H,1-2H3/t17-/m1/s1. The molecule has 0 heterocycles. The predicted octanol–water partition coefficient (Wildman–Crippen LogP) is 4.12. The Labute approximate surface area is 108 Å². The van der Waals surface area contributed by atoms with Crippen molar-refractivity contribution in [3.8, 4) is 0 Å². The van der Waals surface area contributed by atoms with E-state index in [0.29, 0.717) is 0 Å². The van der Waals surface area contributed by atoms with Gasteiger partial charge in [-0.15, -0.1) is 0 Å². The molecule has 0 aliphatic heterocycles. The minimum Gasteiger partial charge on any atom is -0.242 e. The zero-order chi connectivity index (χ0) is 12.3. The summed E-state index contributed by atoms with van der Waals surface area (Å²) in [5.41, 5.74) is 2.40. The lowest BCUT2D eigenvalue weighted by Crippen LogP contribution is -1.86. The molecule has 0 radical (unpaired) electrons. The molecule has 0 aliphatic rings. The molecule has 0 fully saturated rings. The molecule has 0 aliphatic carbocycles. The topological polar surface area (TPSA) is 17.1 Å². The predicted molar refractivity (Wildman–Crippen MR) is 74.6 cm³/mol. The summed E-state index contributed by atoms with van der Waals surface area (Å²) in [6.45, 7) is 4.07. The normalized spacial score (nSPS) is 12.4. The van der Waals surface area contributed by atoms with Crippen LogP contribution in [-0.2, 0) is 9.83 Å². The van der Waals surface area contributed by atoms with Gasteiger partial charge >= 0.3 is 0 Å². The molecule has 1 nitrogen and oxygen atoms in total. The Hall–Kier alpha value is -1.06. The fraction of sp³-hybridized carbons (Fsp3) is 0.143. The Morgan fingerprint density at radius 1 is 0.824 bits per heavy atom. The largest absolute Gasteiger partial charge is 0.242 e. The number of aryl methyl sites for hydroxylation is 2. The van der Waals surface area contributed by atoms with E-state index in [9.17, 15) is 4.21 Å². The van der Waals surface area contributed by atoms with Gasteiger partial charge in [0, 0.05) is 4.90 Å². The van der Waals surface area contributed by atoms with Crippen LogP contribution in [0.4, 0.5) is 0 Å². The fourth-order valence-corrected chi connectivity index (χ4v) is 3.73. The molecule has 0 bridgehead atoms. The molecule has 0 spiro atoms. The Balaban J connectivity index is 2.11. The van der Waals surface area contributed by atoms with Gasteiger partial charge < -0.3 is 0 Å². The highest BCUT2D eigenvalue weighted by molar-refractivity contribution is 8.69. The Morgan fingerprint density at radius 3 is 1.82 bits per heavy atom. The lowest BCUT2D eigenvalue weighted by molar-refractivity contribution is 0.691. The summed E-state index contributed by atoms with van der Waals surface area (Å²) < 4.78 is 12.1. The molecule has 1 atom stereocenters. The monoisotopic (exact) mass is 262 g/mol. The first-order valence-corrected chi connectivity index (χ1v) is 7.87. The van der Waals surface area contributed by atoms with Crippen molar-refractivity contribution in [2.75, 3.05) is 0 Å². The zero-order valence-corrected chi connectivity index (χ0v) is 11.5. The first kappa shape index (κ1) is 12.4. The molecule has 0 unspecified atom stereocenters. The van der Waals surface area contributed by atoms with E-state index in [4.69, 9.17) is 0 Å². The first-order chi connectivity index (χ1) is 8.15. The van der Waals surface area contributed by atoms with Crippen molar-refractivity contribution < 1.29 is 4.21 Å². The fourth-order valence-electron chi connectivity index (χ4n) is 1.38. The third-order valence-electron chi connectivity index (χ3n) is 2.41. The van der Waals surface area contributed by atoms with Gasteiger partial charge in [0.2, 0.25) is 0 Å². The first-order valence-electron chi connectivity index (χ1n) is 5.38. The van der Waals surface area contributed by atoms with E-state index >= 15 is 0 Å². The van der Waals surface area contributed by atoms with Gasteiger partial charge in [0.1, 0.15) is 9.83 Å². The summed E-state index contributed by atoms with van der Waals surface area (Å²) in [5, 5.41) is 0. The van der Waals surface area contributed by atoms with Crippen LogP contribution >= 0.6 is 10.8 Å². The van der Waals surface area contributed by atoms with E-state index in [0.717, 1.165) is 9.79 Å². The highest BCUT2D eigenvalue weighted by atomic mass is 33.1. The maximum atomic E-state index is 12.1. The lowest BCUT2D eigenvalue weighted by Gasteiger charge is -2.02. The minimum atomic E-state index is -1.03. The van der Waals surface area contributed by atoms with Crippen LogP contribution in [0.2, 0.25) is 0 Å². The van der Waals surface area contributed by atoms with Gasteiger partial charge in [-0.2, -0.15) is 0 Å². The van der Waals surface area contributed by atoms with Gasteiger partial charge in [0.05, 0.1) is 4.90 Å². The van der Waals surface area contributed by atoms with Crippen molar-refractivity contribution in [3.63, 3.8) is 0 Å². The van der Waals surface area contributed by atoms with Crippen LogP contribution in [0.5, 0.6) is 0 Å². The summed E-state index contributed by atoms with van der Waals surface area (Å²) in [4.78, 5) is 1.90. The van der Waals surface area contributed by atoms with Crippen LogP contribution in [0.25, 0.3) is 0 Å². The van der Waals surface area contributed by atoms with Crippen molar-refractivity contribution in [2.45, 2.75) is 23.6 Å². The highest BCUT2D eigenvalue weighted by Crippen LogP contribution is 2.27. The summed E-state index contributed by atoms with van der Waals surface area (Å²) in [7, 11) is 0.351. The van der Waals surface area contributed by atoms with E-state index < -0.39 is 9.83 Å². The van der Waals surface area contributed by atoms with Crippen molar-refractivity contribution in [1.29, 1.82) is 0 Å². The molecule has 0 N–H and O–H groups in total. The molecule has 2 rings (SSSR count). The number of hydrogen-bond donors (Lipinski definition) is 0. The summed E-state index contributed by atoms with van der Waals surface area (Å²) >= 11 is 0. The van der Waals surface area contributed by atoms with Crippen LogP contribution in [0.15, 0.2) is 58.3 Å². The third-order valence-corrected chi connectivity index (χ3v) is 5.29. The second kappa shape index (κ2) is 5.52. The van der Waals surface area contributed by atoms with Crippen molar-refractivity contribution >= 4 is 20.6 Å². The zero-order valence-electron chi connectivity index (χ0n) is 9.84. The van der Waals surface area contributed by atoms with Crippen LogP contribution in [0.3, 0.4) is 0 Å². The molecule has 3 heteroatoms. The number of benzene rings is 2.